The van der Waals surface area contributed by atoms with Gasteiger partial charge in [-0.3, -0.25) is 4.79 Å². The highest BCUT2D eigenvalue weighted by atomic mass is 32.2. The lowest BCUT2D eigenvalue weighted by molar-refractivity contribution is -0.137. The number of hydrogen-bond donors (Lipinski definition) is 3. The number of nitrogens with zero attached hydrogens (tertiary/aromatic N) is 1. The van der Waals surface area contributed by atoms with Crippen molar-refractivity contribution in [3.63, 3.8) is 0 Å². The summed E-state index contributed by atoms with van der Waals surface area (Å²) < 4.78 is 64.9. The van der Waals surface area contributed by atoms with Gasteiger partial charge >= 0.3 is 6.18 Å². The van der Waals surface area contributed by atoms with E-state index < -0.39 is 27.7 Å². The van der Waals surface area contributed by atoms with E-state index in [9.17, 15) is 31.5 Å². The van der Waals surface area contributed by atoms with Gasteiger partial charge in [-0.1, -0.05) is 6.07 Å². The Morgan fingerprint density at radius 2 is 1.80 bits per heavy atom. The molecule has 3 N–H and O–H groups in total. The molecule has 11 heteroatoms. The third-order valence-corrected chi connectivity index (χ3v) is 6.48. The lowest BCUT2D eigenvalue weighted by atomic mass is 10.2. The summed E-state index contributed by atoms with van der Waals surface area (Å²) in [5, 5.41) is 14.9. The standard InChI is InChI=1S/C19H20F3N3O4S/c20-19(21,22)13-4-3-5-14(10-13)23-12-18(27)24-16-11-15(6-7-17(16)26)30(28,29)25-8-1-2-9-25/h3-7,10-11,23,26H,1-2,8-9,12H2,(H,24,27). The van der Waals surface area contributed by atoms with Crippen LogP contribution in [0.3, 0.4) is 0 Å². The van der Waals surface area contributed by atoms with E-state index in [1.165, 1.54) is 28.6 Å². The average molecular weight is 443 g/mol. The molecule has 162 valence electrons. The van der Waals surface area contributed by atoms with Crippen LogP contribution in [-0.4, -0.2) is 43.4 Å². The first-order valence-electron chi connectivity index (χ1n) is 9.11. The van der Waals surface area contributed by atoms with Gasteiger partial charge in [0, 0.05) is 18.8 Å². The van der Waals surface area contributed by atoms with Crippen LogP contribution in [0.1, 0.15) is 18.4 Å². The monoisotopic (exact) mass is 443 g/mol. The second-order valence-corrected chi connectivity index (χ2v) is 8.71. The van der Waals surface area contributed by atoms with Gasteiger partial charge in [0.2, 0.25) is 15.9 Å². The number of rotatable bonds is 6. The van der Waals surface area contributed by atoms with Gasteiger partial charge in [0.05, 0.1) is 22.7 Å². The molecule has 0 bridgehead atoms. The molecule has 1 amide bonds. The number of nitrogens with one attached hydrogen (secondary N) is 2. The van der Waals surface area contributed by atoms with Crippen LogP contribution in [0.5, 0.6) is 5.75 Å². The van der Waals surface area contributed by atoms with Crippen LogP contribution in [0.15, 0.2) is 47.4 Å². The third kappa shape index (κ3) is 5.03. The summed E-state index contributed by atoms with van der Waals surface area (Å²) in [7, 11) is -3.74. The zero-order valence-electron chi connectivity index (χ0n) is 15.7. The van der Waals surface area contributed by atoms with Crippen LogP contribution in [0, 0.1) is 0 Å². The SMILES string of the molecule is O=C(CNc1cccc(C(F)(F)F)c1)Nc1cc(S(=O)(=O)N2CCCC2)ccc1O. The van der Waals surface area contributed by atoms with E-state index in [0.29, 0.717) is 13.1 Å². The third-order valence-electron chi connectivity index (χ3n) is 4.59. The summed E-state index contributed by atoms with van der Waals surface area (Å²) in [5.74, 6) is -0.999. The fourth-order valence-corrected chi connectivity index (χ4v) is 4.58. The summed E-state index contributed by atoms with van der Waals surface area (Å²) in [6, 6.07) is 7.94. The van der Waals surface area contributed by atoms with Crippen molar-refractivity contribution in [1.82, 2.24) is 4.31 Å². The smallest absolute Gasteiger partial charge is 0.416 e. The van der Waals surface area contributed by atoms with Gasteiger partial charge in [0.15, 0.2) is 0 Å². The highest BCUT2D eigenvalue weighted by molar-refractivity contribution is 7.89. The first-order valence-corrected chi connectivity index (χ1v) is 10.6. The average Bonchev–Trinajstić information content (AvgIpc) is 3.23. The predicted molar refractivity (Wildman–Crippen MR) is 105 cm³/mol. The number of carbonyl (C=O) groups is 1. The number of aromatic hydroxyl groups is 1. The van der Waals surface area contributed by atoms with Gasteiger partial charge < -0.3 is 15.7 Å². The largest absolute Gasteiger partial charge is 0.506 e. The first-order chi connectivity index (χ1) is 14.1. The zero-order chi connectivity index (χ0) is 21.9. The first kappa shape index (κ1) is 21.9. The second kappa shape index (κ2) is 8.52. The fraction of sp³-hybridized carbons (Fsp3) is 0.316. The molecule has 1 aliphatic rings. The molecule has 1 heterocycles. The Morgan fingerprint density at radius 1 is 1.10 bits per heavy atom. The Bertz CT molecular complexity index is 1040. The number of anilines is 2. The van der Waals surface area contributed by atoms with E-state index in [1.54, 1.807) is 0 Å². The molecule has 0 atom stereocenters. The number of phenolic OH excluding ortho intramolecular Hbond substituents is 1. The minimum Gasteiger partial charge on any atom is -0.506 e. The van der Waals surface area contributed by atoms with E-state index in [1.807, 2.05) is 0 Å². The molecule has 3 rings (SSSR count). The number of alkyl halides is 3. The van der Waals surface area contributed by atoms with Gasteiger partial charge in [0.25, 0.3) is 0 Å². The Balaban J connectivity index is 1.68. The van der Waals surface area contributed by atoms with Gasteiger partial charge in [-0.15, -0.1) is 0 Å². The summed E-state index contributed by atoms with van der Waals surface area (Å²) >= 11 is 0. The molecular formula is C19H20F3N3O4S. The van der Waals surface area contributed by atoms with Crippen molar-refractivity contribution in [2.45, 2.75) is 23.9 Å². The molecule has 7 nitrogen and oxygen atoms in total. The topological polar surface area (TPSA) is 98.7 Å². The summed E-state index contributed by atoms with van der Waals surface area (Å²) in [5.41, 5.74) is -0.869. The van der Waals surface area contributed by atoms with Gasteiger partial charge in [-0.25, -0.2) is 8.42 Å². The van der Waals surface area contributed by atoms with E-state index in [4.69, 9.17) is 0 Å². The van der Waals surface area contributed by atoms with Crippen molar-refractivity contribution in [1.29, 1.82) is 0 Å². The van der Waals surface area contributed by atoms with Crippen LogP contribution in [0.4, 0.5) is 24.5 Å². The number of sulfonamides is 1. The van der Waals surface area contributed by atoms with Crippen molar-refractivity contribution in [3.8, 4) is 5.75 Å². The van der Waals surface area contributed by atoms with Crippen LogP contribution < -0.4 is 10.6 Å². The molecule has 0 aromatic heterocycles. The number of halogens is 3. The number of benzene rings is 2. The molecule has 1 fully saturated rings. The van der Waals surface area contributed by atoms with Crippen molar-refractivity contribution in [2.24, 2.45) is 0 Å². The quantitative estimate of drug-likeness (QED) is 0.596. The Labute approximate surface area is 171 Å². The van der Waals surface area contributed by atoms with Crippen LogP contribution in [-0.2, 0) is 21.0 Å². The number of amides is 1. The van der Waals surface area contributed by atoms with E-state index in [0.717, 1.165) is 31.0 Å². The molecule has 0 unspecified atom stereocenters. The molecule has 2 aromatic rings. The maximum atomic E-state index is 12.8. The number of carbonyl (C=O) groups excluding carboxylic acids is 1. The molecular weight excluding hydrogens is 423 g/mol. The van der Waals surface area contributed by atoms with Gasteiger partial charge in [-0.05, 0) is 49.2 Å². The molecule has 0 radical (unpaired) electrons. The molecule has 30 heavy (non-hydrogen) atoms. The molecule has 2 aromatic carbocycles. The zero-order valence-corrected chi connectivity index (χ0v) is 16.6. The van der Waals surface area contributed by atoms with Crippen molar-refractivity contribution >= 4 is 27.3 Å². The van der Waals surface area contributed by atoms with Gasteiger partial charge in [0.1, 0.15) is 5.75 Å². The molecule has 1 aliphatic heterocycles. The highest BCUT2D eigenvalue weighted by Gasteiger charge is 2.30. The lowest BCUT2D eigenvalue weighted by Crippen LogP contribution is -2.28. The normalized spacial score (nSPS) is 15.2. The van der Waals surface area contributed by atoms with Crippen LogP contribution >= 0.6 is 0 Å². The molecule has 0 saturated carbocycles. The Morgan fingerprint density at radius 3 is 2.47 bits per heavy atom. The summed E-state index contributed by atoms with van der Waals surface area (Å²) in [4.78, 5) is 12.1. The van der Waals surface area contributed by atoms with E-state index in [-0.39, 0.29) is 28.6 Å². The van der Waals surface area contributed by atoms with Gasteiger partial charge in [-0.2, -0.15) is 17.5 Å². The van der Waals surface area contributed by atoms with Crippen LogP contribution in [0.25, 0.3) is 0 Å². The summed E-state index contributed by atoms with van der Waals surface area (Å²) in [6.45, 7) is 0.432. The number of phenols is 1. The van der Waals surface area contributed by atoms with E-state index in [2.05, 4.69) is 10.6 Å². The Kier molecular flexibility index (Phi) is 6.22. The van der Waals surface area contributed by atoms with E-state index >= 15 is 0 Å². The maximum Gasteiger partial charge on any atom is 0.416 e. The number of hydrogen-bond acceptors (Lipinski definition) is 5. The predicted octanol–water partition coefficient (Wildman–Crippen LogP) is 3.25. The second-order valence-electron chi connectivity index (χ2n) is 6.77. The highest BCUT2D eigenvalue weighted by Crippen LogP contribution is 2.31. The van der Waals surface area contributed by atoms with Crippen molar-refractivity contribution < 1.29 is 31.5 Å². The Hall–Kier alpha value is -2.79. The fourth-order valence-electron chi connectivity index (χ4n) is 3.04. The minimum absolute atomic E-state index is 0.0664. The maximum absolute atomic E-state index is 12.8. The lowest BCUT2D eigenvalue weighted by Gasteiger charge is -2.17. The summed E-state index contributed by atoms with van der Waals surface area (Å²) in [6.07, 6.45) is -2.97. The van der Waals surface area contributed by atoms with Crippen molar-refractivity contribution in [3.05, 3.63) is 48.0 Å². The minimum atomic E-state index is -4.51. The molecule has 0 spiro atoms. The van der Waals surface area contributed by atoms with Crippen LogP contribution in [0.2, 0.25) is 0 Å². The van der Waals surface area contributed by atoms with Crippen molar-refractivity contribution in [2.75, 3.05) is 30.3 Å². The molecule has 1 saturated heterocycles. The molecule has 0 aliphatic carbocycles.